The number of urea groups is 1. The molecule has 0 spiro atoms. The van der Waals surface area contributed by atoms with Crippen molar-refractivity contribution in [2.75, 3.05) is 30.4 Å². The molecule has 1 saturated heterocycles. The van der Waals surface area contributed by atoms with Crippen molar-refractivity contribution < 1.29 is 19.4 Å². The lowest BCUT2D eigenvalue weighted by molar-refractivity contribution is 0.0485. The number of hydrogen-bond acceptors (Lipinski definition) is 5. The first-order valence-electron chi connectivity index (χ1n) is 8.49. The summed E-state index contributed by atoms with van der Waals surface area (Å²) in [5.74, 6) is -0.457. The number of esters is 1. The summed E-state index contributed by atoms with van der Waals surface area (Å²) in [5.41, 5.74) is 0.751. The molecule has 0 bridgehead atoms. The molecule has 25 heavy (non-hydrogen) atoms. The molecule has 2 rings (SSSR count). The summed E-state index contributed by atoms with van der Waals surface area (Å²) < 4.78 is 4.76. The second kappa shape index (κ2) is 7.74. The van der Waals surface area contributed by atoms with E-state index in [2.05, 4.69) is 15.5 Å². The Kier molecular flexibility index (Phi) is 5.89. The maximum atomic E-state index is 12.3. The third-order valence-corrected chi connectivity index (χ3v) is 4.52. The third-order valence-electron chi connectivity index (χ3n) is 4.52. The fourth-order valence-corrected chi connectivity index (χ4v) is 2.65. The van der Waals surface area contributed by atoms with Gasteiger partial charge in [-0.15, -0.1) is 0 Å². The van der Waals surface area contributed by atoms with Gasteiger partial charge in [0.15, 0.2) is 0 Å². The second-order valence-electron chi connectivity index (χ2n) is 6.89. The molecular formula is C18H27N3O4. The SMILES string of the molecule is COC(=O)c1ccc(N2CCCC2)c(NC(=O)NC(C)C(C)(C)O)c1. The van der Waals surface area contributed by atoms with E-state index >= 15 is 0 Å². The highest BCUT2D eigenvalue weighted by atomic mass is 16.5. The Morgan fingerprint density at radius 2 is 1.92 bits per heavy atom. The quantitative estimate of drug-likeness (QED) is 0.710. The zero-order valence-corrected chi connectivity index (χ0v) is 15.3. The number of hydrogen-bond donors (Lipinski definition) is 3. The summed E-state index contributed by atoms with van der Waals surface area (Å²) in [4.78, 5) is 26.3. The van der Waals surface area contributed by atoms with Crippen molar-refractivity contribution in [1.29, 1.82) is 0 Å². The number of nitrogens with zero attached hydrogens (tertiary/aromatic N) is 1. The Balaban J connectivity index is 2.23. The van der Waals surface area contributed by atoms with Crippen molar-refractivity contribution in [3.05, 3.63) is 23.8 Å². The highest BCUT2D eigenvalue weighted by Gasteiger charge is 2.25. The molecule has 1 aromatic rings. The molecule has 7 nitrogen and oxygen atoms in total. The van der Waals surface area contributed by atoms with E-state index in [4.69, 9.17) is 4.74 Å². The van der Waals surface area contributed by atoms with Gasteiger partial charge in [-0.1, -0.05) is 0 Å². The molecule has 7 heteroatoms. The number of amides is 2. The summed E-state index contributed by atoms with van der Waals surface area (Å²) in [5, 5.41) is 15.5. The fourth-order valence-electron chi connectivity index (χ4n) is 2.65. The molecule has 1 aliphatic rings. The zero-order valence-electron chi connectivity index (χ0n) is 15.3. The van der Waals surface area contributed by atoms with Crippen LogP contribution < -0.4 is 15.5 Å². The Labute approximate surface area is 148 Å². The third kappa shape index (κ3) is 4.85. The number of carbonyl (C=O) groups is 2. The van der Waals surface area contributed by atoms with E-state index in [0.717, 1.165) is 31.6 Å². The minimum absolute atomic E-state index is 0.372. The van der Waals surface area contributed by atoms with E-state index < -0.39 is 23.6 Å². The van der Waals surface area contributed by atoms with Crippen LogP contribution in [0.2, 0.25) is 0 Å². The highest BCUT2D eigenvalue weighted by molar-refractivity contribution is 5.97. The molecule has 2 amide bonds. The predicted molar refractivity (Wildman–Crippen MR) is 97.1 cm³/mol. The summed E-state index contributed by atoms with van der Waals surface area (Å²) in [6, 6.07) is 4.27. The normalized spacial score (nSPS) is 15.6. The smallest absolute Gasteiger partial charge is 0.337 e. The largest absolute Gasteiger partial charge is 0.465 e. The van der Waals surface area contributed by atoms with Crippen LogP contribution in [0.5, 0.6) is 0 Å². The van der Waals surface area contributed by atoms with Gasteiger partial charge in [0.2, 0.25) is 0 Å². The molecule has 1 fully saturated rings. The maximum Gasteiger partial charge on any atom is 0.337 e. The van der Waals surface area contributed by atoms with E-state index in [1.807, 2.05) is 6.07 Å². The number of benzene rings is 1. The first-order chi connectivity index (χ1) is 11.7. The van der Waals surface area contributed by atoms with Gasteiger partial charge in [-0.05, 0) is 51.8 Å². The van der Waals surface area contributed by atoms with Gasteiger partial charge in [0.1, 0.15) is 0 Å². The van der Waals surface area contributed by atoms with Crippen LogP contribution in [-0.4, -0.2) is 48.9 Å². The van der Waals surface area contributed by atoms with Crippen molar-refractivity contribution in [3.63, 3.8) is 0 Å². The monoisotopic (exact) mass is 349 g/mol. The molecule has 0 aliphatic carbocycles. The lowest BCUT2D eigenvalue weighted by Gasteiger charge is -2.27. The summed E-state index contributed by atoms with van der Waals surface area (Å²) >= 11 is 0. The fraction of sp³-hybridized carbons (Fsp3) is 0.556. The van der Waals surface area contributed by atoms with Gasteiger partial charge in [-0.3, -0.25) is 0 Å². The van der Waals surface area contributed by atoms with E-state index in [9.17, 15) is 14.7 Å². The zero-order chi connectivity index (χ0) is 18.6. The molecule has 1 atom stereocenters. The Hall–Kier alpha value is -2.28. The number of nitrogens with one attached hydrogen (secondary N) is 2. The van der Waals surface area contributed by atoms with E-state index in [0.29, 0.717) is 11.3 Å². The van der Waals surface area contributed by atoms with Crippen molar-refractivity contribution >= 4 is 23.4 Å². The van der Waals surface area contributed by atoms with Crippen LogP contribution in [0.3, 0.4) is 0 Å². The maximum absolute atomic E-state index is 12.3. The van der Waals surface area contributed by atoms with Gasteiger partial charge in [0, 0.05) is 13.1 Å². The van der Waals surface area contributed by atoms with E-state index in [-0.39, 0.29) is 0 Å². The molecule has 138 valence electrons. The molecule has 1 aromatic carbocycles. The molecule has 0 aromatic heterocycles. The topological polar surface area (TPSA) is 90.9 Å². The van der Waals surface area contributed by atoms with Gasteiger partial charge in [-0.2, -0.15) is 0 Å². The molecule has 0 saturated carbocycles. The molecular weight excluding hydrogens is 322 g/mol. The number of carbonyl (C=O) groups excluding carboxylic acids is 2. The van der Waals surface area contributed by atoms with Gasteiger partial charge in [-0.25, -0.2) is 9.59 Å². The predicted octanol–water partition coefficient (Wildman–Crippen LogP) is 2.35. The van der Waals surface area contributed by atoms with Gasteiger partial charge >= 0.3 is 12.0 Å². The second-order valence-corrected chi connectivity index (χ2v) is 6.89. The molecule has 3 N–H and O–H groups in total. The summed E-state index contributed by atoms with van der Waals surface area (Å²) in [6.07, 6.45) is 2.19. The Morgan fingerprint density at radius 1 is 1.28 bits per heavy atom. The first kappa shape index (κ1) is 19.1. The van der Waals surface area contributed by atoms with Crippen LogP contribution in [0.1, 0.15) is 44.0 Å². The van der Waals surface area contributed by atoms with E-state index in [1.165, 1.54) is 7.11 Å². The van der Waals surface area contributed by atoms with Crippen LogP contribution in [0, 0.1) is 0 Å². The standard InChI is InChI=1S/C18H27N3O4/c1-12(18(2,3)24)19-17(23)20-14-11-13(16(22)25-4)7-8-15(14)21-9-5-6-10-21/h7-8,11-12,24H,5-6,9-10H2,1-4H3,(H2,19,20,23). The summed E-state index contributed by atoms with van der Waals surface area (Å²) in [7, 11) is 1.32. The lowest BCUT2D eigenvalue weighted by Crippen LogP contribution is -2.48. The highest BCUT2D eigenvalue weighted by Crippen LogP contribution is 2.30. The average Bonchev–Trinajstić information content (AvgIpc) is 3.07. The Bertz CT molecular complexity index is 634. The van der Waals surface area contributed by atoms with Crippen LogP contribution in [0.25, 0.3) is 0 Å². The average molecular weight is 349 g/mol. The molecule has 1 aliphatic heterocycles. The van der Waals surface area contributed by atoms with Gasteiger partial charge in [0.25, 0.3) is 0 Å². The van der Waals surface area contributed by atoms with Crippen LogP contribution >= 0.6 is 0 Å². The van der Waals surface area contributed by atoms with Crippen molar-refractivity contribution in [3.8, 4) is 0 Å². The molecule has 0 radical (unpaired) electrons. The van der Waals surface area contributed by atoms with Crippen molar-refractivity contribution in [2.24, 2.45) is 0 Å². The van der Waals surface area contributed by atoms with Crippen LogP contribution in [0.15, 0.2) is 18.2 Å². The van der Waals surface area contributed by atoms with Gasteiger partial charge in [0.05, 0.1) is 35.7 Å². The number of anilines is 2. The number of methoxy groups -OCH3 is 1. The number of ether oxygens (including phenoxy) is 1. The Morgan fingerprint density at radius 3 is 2.48 bits per heavy atom. The number of rotatable bonds is 5. The molecule has 1 unspecified atom stereocenters. The van der Waals surface area contributed by atoms with Gasteiger partial charge < -0.3 is 25.4 Å². The summed E-state index contributed by atoms with van der Waals surface area (Å²) in [6.45, 7) is 6.81. The minimum Gasteiger partial charge on any atom is -0.465 e. The minimum atomic E-state index is -1.04. The van der Waals surface area contributed by atoms with Crippen LogP contribution in [-0.2, 0) is 4.74 Å². The number of aliphatic hydroxyl groups is 1. The lowest BCUT2D eigenvalue weighted by atomic mass is 10.0. The van der Waals surface area contributed by atoms with Crippen LogP contribution in [0.4, 0.5) is 16.2 Å². The molecule has 1 heterocycles. The first-order valence-corrected chi connectivity index (χ1v) is 8.49. The van der Waals surface area contributed by atoms with Crippen molar-refractivity contribution in [2.45, 2.75) is 45.3 Å². The van der Waals surface area contributed by atoms with E-state index in [1.54, 1.807) is 32.9 Å². The van der Waals surface area contributed by atoms with Crippen molar-refractivity contribution in [1.82, 2.24) is 5.32 Å².